The van der Waals surface area contributed by atoms with Gasteiger partial charge in [-0.3, -0.25) is 9.80 Å². The van der Waals surface area contributed by atoms with Gasteiger partial charge in [0.2, 0.25) is 0 Å². The van der Waals surface area contributed by atoms with E-state index in [4.69, 9.17) is 0 Å². The molecule has 2 fully saturated rings. The minimum absolute atomic E-state index is 0.723. The maximum Gasteiger partial charge on any atom is 0.0622 e. The maximum absolute atomic E-state index is 2.73. The van der Waals surface area contributed by atoms with Crippen molar-refractivity contribution in [1.29, 1.82) is 0 Å². The lowest BCUT2D eigenvalue weighted by Gasteiger charge is -2.40. The second-order valence-electron chi connectivity index (χ2n) is 5.66. The largest absolute Gasteiger partial charge is 0.288 e. The van der Waals surface area contributed by atoms with Crippen LogP contribution < -0.4 is 0 Å². The summed E-state index contributed by atoms with van der Waals surface area (Å²) in [6, 6.07) is 0. The monoisotopic (exact) mass is 232 g/mol. The van der Waals surface area contributed by atoms with Crippen molar-refractivity contribution in [2.24, 2.45) is 11.8 Å². The fraction of sp³-hybridized carbons (Fsp3) is 0.733. The summed E-state index contributed by atoms with van der Waals surface area (Å²) in [6.45, 7) is 7.36. The Morgan fingerprint density at radius 1 is 1.06 bits per heavy atom. The summed E-state index contributed by atoms with van der Waals surface area (Å²) in [6.07, 6.45) is 14.2. The fourth-order valence-electron chi connectivity index (χ4n) is 3.71. The Bertz CT molecular complexity index is 301. The molecule has 0 saturated carbocycles. The number of piperidine rings is 1. The molecule has 3 atom stereocenters. The van der Waals surface area contributed by atoms with Crippen molar-refractivity contribution in [2.45, 2.75) is 32.4 Å². The number of hydrogen-bond acceptors (Lipinski definition) is 2. The second kappa shape index (κ2) is 4.95. The van der Waals surface area contributed by atoms with Gasteiger partial charge in [-0.2, -0.15) is 0 Å². The zero-order valence-corrected chi connectivity index (χ0v) is 10.9. The topological polar surface area (TPSA) is 6.48 Å². The van der Waals surface area contributed by atoms with Gasteiger partial charge in [-0.05, 0) is 44.2 Å². The predicted molar refractivity (Wildman–Crippen MR) is 71.7 cm³/mol. The first kappa shape index (κ1) is 11.5. The third-order valence-corrected chi connectivity index (χ3v) is 4.68. The average Bonchev–Trinajstić information content (AvgIpc) is 2.82. The Morgan fingerprint density at radius 3 is 2.41 bits per heavy atom. The van der Waals surface area contributed by atoms with E-state index < -0.39 is 0 Å². The third-order valence-electron chi connectivity index (χ3n) is 4.68. The lowest BCUT2D eigenvalue weighted by Crippen LogP contribution is -2.50. The molecule has 0 bridgehead atoms. The summed E-state index contributed by atoms with van der Waals surface area (Å²) in [7, 11) is 0. The van der Waals surface area contributed by atoms with Crippen molar-refractivity contribution in [3.8, 4) is 0 Å². The Kier molecular flexibility index (Phi) is 3.34. The Labute approximate surface area is 105 Å². The minimum atomic E-state index is 0.723. The van der Waals surface area contributed by atoms with Gasteiger partial charge in [-0.15, -0.1) is 0 Å². The van der Waals surface area contributed by atoms with E-state index in [0.717, 1.165) is 18.0 Å². The molecule has 17 heavy (non-hydrogen) atoms. The molecule has 0 amide bonds. The van der Waals surface area contributed by atoms with Crippen LogP contribution in [0.25, 0.3) is 0 Å². The van der Waals surface area contributed by atoms with Crippen LogP contribution in [0.4, 0.5) is 0 Å². The van der Waals surface area contributed by atoms with Crippen molar-refractivity contribution in [1.82, 2.24) is 9.80 Å². The highest BCUT2D eigenvalue weighted by atomic mass is 15.4. The molecule has 0 N–H and O–H groups in total. The van der Waals surface area contributed by atoms with Crippen LogP contribution in [-0.4, -0.2) is 42.1 Å². The lowest BCUT2D eigenvalue weighted by molar-refractivity contribution is 0.0300. The van der Waals surface area contributed by atoms with Gasteiger partial charge in [0.05, 0.1) is 6.17 Å². The van der Waals surface area contributed by atoms with Crippen molar-refractivity contribution < 1.29 is 0 Å². The molecule has 0 aromatic rings. The molecule has 2 nitrogen and oxygen atoms in total. The smallest absolute Gasteiger partial charge is 0.0622 e. The van der Waals surface area contributed by atoms with E-state index in [0.29, 0.717) is 0 Å². The number of nitrogens with zero attached hydrogens (tertiary/aromatic N) is 2. The van der Waals surface area contributed by atoms with E-state index in [-0.39, 0.29) is 0 Å². The predicted octanol–water partition coefficient (Wildman–Crippen LogP) is 2.49. The molecule has 0 aromatic heterocycles. The van der Waals surface area contributed by atoms with Crippen LogP contribution in [0.3, 0.4) is 0 Å². The molecule has 2 heterocycles. The van der Waals surface area contributed by atoms with E-state index in [1.54, 1.807) is 0 Å². The molecule has 3 rings (SSSR count). The van der Waals surface area contributed by atoms with Crippen molar-refractivity contribution >= 4 is 0 Å². The summed E-state index contributed by atoms with van der Waals surface area (Å²) in [5.74, 6) is 1.56. The molecule has 0 aromatic carbocycles. The highest BCUT2D eigenvalue weighted by molar-refractivity contribution is 5.17. The number of rotatable bonds is 2. The zero-order chi connectivity index (χ0) is 11.7. The second-order valence-corrected chi connectivity index (χ2v) is 5.66. The molecule has 0 spiro atoms. The molecule has 0 radical (unpaired) electrons. The van der Waals surface area contributed by atoms with E-state index in [1.165, 1.54) is 45.4 Å². The zero-order valence-electron chi connectivity index (χ0n) is 10.9. The van der Waals surface area contributed by atoms with Gasteiger partial charge in [0, 0.05) is 13.1 Å². The number of hydrogen-bond donors (Lipinski definition) is 0. The number of likely N-dealkylation sites (tertiary alicyclic amines) is 2. The number of fused-ring (bicyclic) bond motifs is 1. The Hall–Kier alpha value is -0.600. The molecule has 2 aliphatic heterocycles. The highest BCUT2D eigenvalue weighted by Gasteiger charge is 2.36. The quantitative estimate of drug-likeness (QED) is 0.722. The summed E-state index contributed by atoms with van der Waals surface area (Å²) in [5.41, 5.74) is 0. The Balaban J connectivity index is 1.68. The molecule has 3 unspecified atom stereocenters. The maximum atomic E-state index is 2.73. The van der Waals surface area contributed by atoms with Gasteiger partial charge in [0.25, 0.3) is 0 Å². The molecule has 3 aliphatic rings. The molecule has 1 aliphatic carbocycles. The first-order valence-corrected chi connectivity index (χ1v) is 7.21. The number of allylic oxidation sites excluding steroid dienone is 2. The normalized spacial score (nSPS) is 38.5. The molecular weight excluding hydrogens is 208 g/mol. The van der Waals surface area contributed by atoms with Gasteiger partial charge >= 0.3 is 0 Å². The van der Waals surface area contributed by atoms with E-state index in [2.05, 4.69) is 41.0 Å². The van der Waals surface area contributed by atoms with E-state index in [9.17, 15) is 0 Å². The van der Waals surface area contributed by atoms with Gasteiger partial charge in [0.1, 0.15) is 0 Å². The van der Waals surface area contributed by atoms with Gasteiger partial charge in [-0.25, -0.2) is 0 Å². The van der Waals surface area contributed by atoms with E-state index in [1.807, 2.05) is 0 Å². The van der Waals surface area contributed by atoms with Crippen LogP contribution in [0.5, 0.6) is 0 Å². The molecular formula is C15H24N2. The van der Waals surface area contributed by atoms with Crippen LogP contribution >= 0.6 is 0 Å². The third kappa shape index (κ3) is 2.21. The van der Waals surface area contributed by atoms with Crippen molar-refractivity contribution in [2.75, 3.05) is 26.2 Å². The fourth-order valence-corrected chi connectivity index (χ4v) is 3.71. The standard InChI is InChI=1S/C15H24N2/c1-2-16-10-6-5-9-15(16)17-11-13-7-3-4-8-14(13)12-17/h3-4,7-8,13-15H,2,5-6,9-12H2,1H3. The van der Waals surface area contributed by atoms with Gasteiger partial charge in [-0.1, -0.05) is 31.2 Å². The molecule has 94 valence electrons. The van der Waals surface area contributed by atoms with Crippen LogP contribution in [0.1, 0.15) is 26.2 Å². The minimum Gasteiger partial charge on any atom is -0.288 e. The lowest BCUT2D eigenvalue weighted by atomic mass is 9.92. The SMILES string of the molecule is CCN1CCCCC1N1CC2C=CC=CC2C1. The summed E-state index contributed by atoms with van der Waals surface area (Å²) in [5, 5.41) is 0. The molecule has 2 saturated heterocycles. The van der Waals surface area contributed by atoms with Crippen LogP contribution in [0.15, 0.2) is 24.3 Å². The average molecular weight is 232 g/mol. The van der Waals surface area contributed by atoms with Crippen LogP contribution in [-0.2, 0) is 0 Å². The molecule has 2 heteroatoms. The summed E-state index contributed by atoms with van der Waals surface area (Å²) < 4.78 is 0. The summed E-state index contributed by atoms with van der Waals surface area (Å²) in [4.78, 5) is 5.41. The Morgan fingerprint density at radius 2 is 1.76 bits per heavy atom. The highest BCUT2D eigenvalue weighted by Crippen LogP contribution is 2.32. The summed E-state index contributed by atoms with van der Waals surface area (Å²) >= 11 is 0. The van der Waals surface area contributed by atoms with Gasteiger partial charge in [0.15, 0.2) is 0 Å². The van der Waals surface area contributed by atoms with Crippen molar-refractivity contribution in [3.05, 3.63) is 24.3 Å². The first-order chi connectivity index (χ1) is 8.38. The van der Waals surface area contributed by atoms with Crippen LogP contribution in [0.2, 0.25) is 0 Å². The van der Waals surface area contributed by atoms with Crippen molar-refractivity contribution in [3.63, 3.8) is 0 Å². The van der Waals surface area contributed by atoms with E-state index >= 15 is 0 Å². The van der Waals surface area contributed by atoms with Gasteiger partial charge < -0.3 is 0 Å². The van der Waals surface area contributed by atoms with Crippen LogP contribution in [0, 0.1) is 11.8 Å². The first-order valence-electron chi connectivity index (χ1n) is 7.21.